The largest absolute Gasteiger partial charge is 0.352 e. The monoisotopic (exact) mass is 313 g/mol. The van der Waals surface area contributed by atoms with E-state index < -0.39 is 0 Å². The smallest absolute Gasteiger partial charge is 0.246 e. The molecule has 98 valence electrons. The molecule has 0 aliphatic heterocycles. The Morgan fingerprint density at radius 2 is 2.17 bits per heavy atom. The Morgan fingerprint density at radius 1 is 1.50 bits per heavy atom. The van der Waals surface area contributed by atoms with Gasteiger partial charge in [0.2, 0.25) is 5.91 Å². The van der Waals surface area contributed by atoms with Gasteiger partial charge in [0.25, 0.3) is 0 Å². The molecule has 0 heterocycles. The number of halogens is 2. The number of hydrogen-bond donors (Lipinski definition) is 1. The zero-order chi connectivity index (χ0) is 13.7. The van der Waals surface area contributed by atoms with Crippen LogP contribution < -0.4 is 5.32 Å². The topological polar surface area (TPSA) is 29.1 Å². The van der Waals surface area contributed by atoms with Gasteiger partial charge in [-0.1, -0.05) is 22.9 Å². The first kappa shape index (κ1) is 14.9. The fourth-order valence-electron chi connectivity index (χ4n) is 1.49. The highest BCUT2D eigenvalue weighted by Crippen LogP contribution is 2.23. The van der Waals surface area contributed by atoms with E-state index in [9.17, 15) is 9.18 Å². The quantitative estimate of drug-likeness (QED) is 0.841. The molecule has 1 amide bonds. The van der Waals surface area contributed by atoms with Crippen LogP contribution in [-0.2, 0) is 4.79 Å². The molecule has 0 saturated heterocycles. The number of amides is 1. The molecule has 0 saturated carbocycles. The molecule has 1 N–H and O–H groups in total. The Hall–Kier alpha value is -1.16. The Bertz CT molecular complexity index is 483. The zero-order valence-electron chi connectivity index (χ0n) is 10.8. The van der Waals surface area contributed by atoms with Gasteiger partial charge in [-0.3, -0.25) is 4.79 Å². The van der Waals surface area contributed by atoms with E-state index in [2.05, 4.69) is 21.2 Å². The van der Waals surface area contributed by atoms with Crippen LogP contribution in [0, 0.1) is 12.7 Å². The minimum absolute atomic E-state index is 0.114. The van der Waals surface area contributed by atoms with Crippen LogP contribution >= 0.6 is 15.9 Å². The van der Waals surface area contributed by atoms with Crippen molar-refractivity contribution >= 4 is 27.9 Å². The highest BCUT2D eigenvalue weighted by molar-refractivity contribution is 9.10. The van der Waals surface area contributed by atoms with Gasteiger partial charge in [-0.25, -0.2) is 4.39 Å². The maximum Gasteiger partial charge on any atom is 0.246 e. The second-order valence-corrected chi connectivity index (χ2v) is 5.04. The van der Waals surface area contributed by atoms with E-state index in [0.29, 0.717) is 22.2 Å². The van der Waals surface area contributed by atoms with Crippen molar-refractivity contribution < 1.29 is 9.18 Å². The average Bonchev–Trinajstić information content (AvgIpc) is 2.32. The molecule has 4 heteroatoms. The molecule has 0 spiro atoms. The lowest BCUT2D eigenvalue weighted by atomic mass is 10.1. The predicted molar refractivity (Wildman–Crippen MR) is 75.8 cm³/mol. The SMILES string of the molecule is CCCNC(=O)/C(C)=C/c1cc(F)cc(Br)c1C. The van der Waals surface area contributed by atoms with Crippen molar-refractivity contribution in [2.45, 2.75) is 27.2 Å². The van der Waals surface area contributed by atoms with Gasteiger partial charge < -0.3 is 5.32 Å². The summed E-state index contributed by atoms with van der Waals surface area (Å²) in [6.45, 7) is 6.25. The molecule has 1 aromatic carbocycles. The van der Waals surface area contributed by atoms with E-state index in [1.54, 1.807) is 13.0 Å². The van der Waals surface area contributed by atoms with Crippen LogP contribution in [0.25, 0.3) is 6.08 Å². The van der Waals surface area contributed by atoms with E-state index in [0.717, 1.165) is 12.0 Å². The van der Waals surface area contributed by atoms with Gasteiger partial charge in [0.05, 0.1) is 0 Å². The molecule has 0 unspecified atom stereocenters. The lowest BCUT2D eigenvalue weighted by Crippen LogP contribution is -2.24. The van der Waals surface area contributed by atoms with Crippen molar-refractivity contribution in [2.24, 2.45) is 0 Å². The summed E-state index contributed by atoms with van der Waals surface area (Å²) >= 11 is 3.30. The Kier molecular flexibility index (Phi) is 5.54. The molecule has 1 aromatic rings. The van der Waals surface area contributed by atoms with Crippen LogP contribution in [0.3, 0.4) is 0 Å². The van der Waals surface area contributed by atoms with E-state index in [-0.39, 0.29) is 11.7 Å². The fraction of sp³-hybridized carbons (Fsp3) is 0.357. The number of carbonyl (C=O) groups excluding carboxylic acids is 1. The summed E-state index contributed by atoms with van der Waals surface area (Å²) in [6, 6.07) is 2.84. The van der Waals surface area contributed by atoms with E-state index >= 15 is 0 Å². The molecule has 0 radical (unpaired) electrons. The first-order valence-electron chi connectivity index (χ1n) is 5.87. The number of benzene rings is 1. The second kappa shape index (κ2) is 6.69. The third-order valence-electron chi connectivity index (χ3n) is 2.61. The summed E-state index contributed by atoms with van der Waals surface area (Å²) in [6.07, 6.45) is 2.59. The molecule has 2 nitrogen and oxygen atoms in total. The molecule has 1 rings (SSSR count). The van der Waals surface area contributed by atoms with Crippen molar-refractivity contribution in [3.05, 3.63) is 39.1 Å². The lowest BCUT2D eigenvalue weighted by molar-refractivity contribution is -0.117. The van der Waals surface area contributed by atoms with Crippen LogP contribution in [0.4, 0.5) is 4.39 Å². The number of nitrogens with one attached hydrogen (secondary N) is 1. The normalized spacial score (nSPS) is 11.5. The first-order valence-corrected chi connectivity index (χ1v) is 6.67. The number of rotatable bonds is 4. The van der Waals surface area contributed by atoms with Crippen molar-refractivity contribution in [3.63, 3.8) is 0 Å². The average molecular weight is 314 g/mol. The van der Waals surface area contributed by atoms with Gasteiger partial charge in [-0.15, -0.1) is 0 Å². The van der Waals surface area contributed by atoms with Crippen LogP contribution in [0.5, 0.6) is 0 Å². The van der Waals surface area contributed by atoms with Crippen molar-refractivity contribution in [1.82, 2.24) is 5.32 Å². The molecule has 0 fully saturated rings. The molecule has 0 bridgehead atoms. The number of hydrogen-bond acceptors (Lipinski definition) is 1. The minimum atomic E-state index is -0.319. The second-order valence-electron chi connectivity index (χ2n) is 4.19. The van der Waals surface area contributed by atoms with Crippen molar-refractivity contribution in [1.29, 1.82) is 0 Å². The summed E-state index contributed by atoms with van der Waals surface area (Å²) in [5.74, 6) is -0.433. The molecular formula is C14H17BrFNO. The van der Waals surface area contributed by atoms with Gasteiger partial charge >= 0.3 is 0 Å². The van der Waals surface area contributed by atoms with Crippen LogP contribution in [0.15, 0.2) is 22.2 Å². The molecule has 18 heavy (non-hydrogen) atoms. The Labute approximate surface area is 115 Å². The van der Waals surface area contributed by atoms with Crippen LogP contribution in [-0.4, -0.2) is 12.5 Å². The summed E-state index contributed by atoms with van der Waals surface area (Å²) in [4.78, 5) is 11.7. The maximum atomic E-state index is 13.3. The minimum Gasteiger partial charge on any atom is -0.352 e. The van der Waals surface area contributed by atoms with E-state index in [1.807, 2.05) is 13.8 Å². The third-order valence-corrected chi connectivity index (χ3v) is 3.44. The lowest BCUT2D eigenvalue weighted by Gasteiger charge is -2.07. The molecule has 0 aromatic heterocycles. The van der Waals surface area contributed by atoms with Gasteiger partial charge in [0.1, 0.15) is 5.82 Å². The van der Waals surface area contributed by atoms with E-state index in [4.69, 9.17) is 0 Å². The molecular weight excluding hydrogens is 297 g/mol. The first-order chi connectivity index (χ1) is 8.45. The summed E-state index contributed by atoms with van der Waals surface area (Å²) in [5.41, 5.74) is 2.20. The molecule has 0 aliphatic rings. The van der Waals surface area contributed by atoms with Crippen LogP contribution in [0.2, 0.25) is 0 Å². The summed E-state index contributed by atoms with van der Waals surface area (Å²) in [5, 5.41) is 2.79. The molecule has 0 aliphatic carbocycles. The fourth-order valence-corrected chi connectivity index (χ4v) is 1.94. The maximum absolute atomic E-state index is 13.3. The summed E-state index contributed by atoms with van der Waals surface area (Å²) < 4.78 is 14.0. The van der Waals surface area contributed by atoms with Crippen molar-refractivity contribution in [2.75, 3.05) is 6.54 Å². The summed E-state index contributed by atoms with van der Waals surface area (Å²) in [7, 11) is 0. The van der Waals surface area contributed by atoms with Gasteiger partial charge in [-0.2, -0.15) is 0 Å². The van der Waals surface area contributed by atoms with Gasteiger partial charge in [0, 0.05) is 16.6 Å². The van der Waals surface area contributed by atoms with E-state index in [1.165, 1.54) is 12.1 Å². The van der Waals surface area contributed by atoms with Crippen LogP contribution in [0.1, 0.15) is 31.4 Å². The Morgan fingerprint density at radius 3 is 2.78 bits per heavy atom. The highest BCUT2D eigenvalue weighted by atomic mass is 79.9. The van der Waals surface area contributed by atoms with Gasteiger partial charge in [-0.05, 0) is 49.6 Å². The zero-order valence-corrected chi connectivity index (χ0v) is 12.4. The van der Waals surface area contributed by atoms with Gasteiger partial charge in [0.15, 0.2) is 0 Å². The third kappa shape index (κ3) is 3.95. The highest BCUT2D eigenvalue weighted by Gasteiger charge is 2.07. The molecule has 0 atom stereocenters. The standard InChI is InChI=1S/C14H17BrFNO/c1-4-5-17-14(18)9(2)6-11-7-12(16)8-13(15)10(11)3/h6-8H,4-5H2,1-3H3,(H,17,18)/b9-6+. The predicted octanol–water partition coefficient (Wildman–Crippen LogP) is 3.83. The Balaban J connectivity index is 2.98. The number of carbonyl (C=O) groups is 1. The van der Waals surface area contributed by atoms with Crippen molar-refractivity contribution in [3.8, 4) is 0 Å².